The minimum absolute atomic E-state index is 0. The first-order chi connectivity index (χ1) is 6.21. The maximum atomic E-state index is 10.0. The Hall–Kier alpha value is 2.26. The van der Waals surface area contributed by atoms with Crippen molar-refractivity contribution in [1.29, 1.82) is 0 Å². The van der Waals surface area contributed by atoms with Gasteiger partial charge in [0.25, 0.3) is 0 Å². The monoisotopic (exact) mass is 324 g/mol. The number of hydrogen-bond donors (Lipinski definition) is 0. The van der Waals surface area contributed by atoms with Crippen LogP contribution in [0.2, 0.25) is 0 Å². The summed E-state index contributed by atoms with van der Waals surface area (Å²) < 4.78 is 60.3. The van der Waals surface area contributed by atoms with Crippen LogP contribution in [0.15, 0.2) is 12.2 Å². The van der Waals surface area contributed by atoms with Crippen molar-refractivity contribution in [1.82, 2.24) is 0 Å². The van der Waals surface area contributed by atoms with Crippen molar-refractivity contribution in [3.05, 3.63) is 12.2 Å². The van der Waals surface area contributed by atoms with Gasteiger partial charge in [0, 0.05) is 11.5 Å². The van der Waals surface area contributed by atoms with Crippen molar-refractivity contribution in [2.24, 2.45) is 0 Å². The Balaban J connectivity index is -0.000000845. The second kappa shape index (κ2) is 11.1. The van der Waals surface area contributed by atoms with Crippen molar-refractivity contribution >= 4 is 39.9 Å². The third kappa shape index (κ3) is 21.5. The van der Waals surface area contributed by atoms with Crippen LogP contribution in [0.4, 0.5) is 0 Å². The van der Waals surface area contributed by atoms with Gasteiger partial charge in [-0.2, -0.15) is 0 Å². The topological polar surface area (TPSA) is 114 Å². The summed E-state index contributed by atoms with van der Waals surface area (Å²) in [7, 11) is -8.25. The van der Waals surface area contributed by atoms with Gasteiger partial charge < -0.3 is 9.11 Å². The van der Waals surface area contributed by atoms with E-state index < -0.39 is 18.3 Å². The van der Waals surface area contributed by atoms with Crippen molar-refractivity contribution in [2.75, 3.05) is 11.5 Å². The average Bonchev–Trinajstić information content (AvgIpc) is 1.92. The molecule has 0 bridgehead atoms. The van der Waals surface area contributed by atoms with Gasteiger partial charge in [0.2, 0.25) is 0 Å². The maximum Gasteiger partial charge on any atom is 1.00 e. The molecule has 84 valence electrons. The van der Waals surface area contributed by atoms with Gasteiger partial charge in [0.15, 0.2) is 0 Å². The van der Waals surface area contributed by atoms with Gasteiger partial charge in [-0.15, -0.1) is 0 Å². The summed E-state index contributed by atoms with van der Waals surface area (Å²) >= 11 is 0. The average molecular weight is 324 g/mol. The van der Waals surface area contributed by atoms with E-state index in [0.29, 0.717) is 0 Å². The van der Waals surface area contributed by atoms with Crippen LogP contribution >= 0.6 is 21.6 Å². The molecule has 0 aromatic rings. The van der Waals surface area contributed by atoms with Crippen molar-refractivity contribution < 1.29 is 85.1 Å². The smallest absolute Gasteiger partial charge is 0.739 e. The molecule has 0 aliphatic carbocycles. The van der Waals surface area contributed by atoms with E-state index in [1.165, 1.54) is 12.2 Å². The molecule has 0 N–H and O–H groups in total. The van der Waals surface area contributed by atoms with Crippen LogP contribution in [0.1, 0.15) is 0 Å². The van der Waals surface area contributed by atoms with Crippen molar-refractivity contribution in [2.45, 2.75) is 0 Å². The van der Waals surface area contributed by atoms with Crippen LogP contribution in [0.25, 0.3) is 0 Å². The molecule has 0 aliphatic rings. The molecule has 0 saturated heterocycles. The number of hydrogen-bond acceptors (Lipinski definition) is 8. The molecule has 0 aliphatic heterocycles. The van der Waals surface area contributed by atoms with Crippen LogP contribution < -0.4 is 59.1 Å². The molecule has 0 saturated carbocycles. The fraction of sp³-hybridized carbons (Fsp3) is 0.500. The summed E-state index contributed by atoms with van der Waals surface area (Å²) in [4.78, 5) is 0. The Morgan fingerprint density at radius 2 is 1.06 bits per heavy atom. The second-order valence-electron chi connectivity index (χ2n) is 1.86. The fourth-order valence-electron chi connectivity index (χ4n) is 0.381. The molecule has 0 atom stereocenters. The Morgan fingerprint density at radius 3 is 1.25 bits per heavy atom. The Morgan fingerprint density at radius 1 is 0.812 bits per heavy atom. The predicted octanol–water partition coefficient (Wildman–Crippen LogP) is -6.06. The Labute approximate surface area is 146 Å². The quantitative estimate of drug-likeness (QED) is 0.205. The van der Waals surface area contributed by atoms with Gasteiger partial charge in [0.05, 0.1) is 0 Å². The zero-order chi connectivity index (χ0) is 11.2. The molecule has 0 radical (unpaired) electrons. The summed E-state index contributed by atoms with van der Waals surface area (Å²) in [5.74, 6) is -0.128. The molecule has 6 nitrogen and oxygen atoms in total. The standard InChI is InChI=1S/C4H8O6S4.2Na/c5-13(6,7)11-3-1-2-4-12-14(8,9)10;;/h1-2H,3-4H2,(H,5,6,7)(H,8,9,10);;/q;2*+1/p-2/b2-1+;;. The van der Waals surface area contributed by atoms with Crippen LogP contribution in [0, 0.1) is 0 Å². The maximum absolute atomic E-state index is 10.0. The van der Waals surface area contributed by atoms with Crippen LogP contribution in [-0.2, 0) is 18.3 Å². The minimum Gasteiger partial charge on any atom is -0.739 e. The molecule has 0 aromatic carbocycles. The van der Waals surface area contributed by atoms with Crippen LogP contribution in [0.3, 0.4) is 0 Å². The molecule has 0 heterocycles. The van der Waals surface area contributed by atoms with E-state index >= 15 is 0 Å². The van der Waals surface area contributed by atoms with E-state index in [4.69, 9.17) is 0 Å². The molecule has 0 unspecified atom stereocenters. The summed E-state index contributed by atoms with van der Waals surface area (Å²) in [6.45, 7) is 0. The summed E-state index contributed by atoms with van der Waals surface area (Å²) in [6, 6.07) is 0. The van der Waals surface area contributed by atoms with E-state index in [2.05, 4.69) is 0 Å². The third-order valence-electron chi connectivity index (χ3n) is 0.784. The molecular formula is C4H6Na2O6S4. The summed E-state index contributed by atoms with van der Waals surface area (Å²) in [6.07, 6.45) is 2.61. The Bertz CT molecular complexity index is 349. The van der Waals surface area contributed by atoms with Crippen molar-refractivity contribution in [3.8, 4) is 0 Å². The second-order valence-corrected chi connectivity index (χ2v) is 8.49. The summed E-state index contributed by atoms with van der Waals surface area (Å²) in [5, 5.41) is 0. The first-order valence-electron chi connectivity index (χ1n) is 3.06. The molecule has 0 spiro atoms. The molecule has 12 heteroatoms. The zero-order valence-corrected chi connectivity index (χ0v) is 15.9. The molecular weight excluding hydrogens is 318 g/mol. The molecule has 16 heavy (non-hydrogen) atoms. The van der Waals surface area contributed by atoms with Crippen LogP contribution in [0.5, 0.6) is 0 Å². The molecule has 0 aromatic heterocycles. The van der Waals surface area contributed by atoms with E-state index in [1.807, 2.05) is 0 Å². The van der Waals surface area contributed by atoms with Crippen molar-refractivity contribution in [3.63, 3.8) is 0 Å². The van der Waals surface area contributed by atoms with E-state index in [0.717, 1.165) is 0 Å². The van der Waals surface area contributed by atoms with Gasteiger partial charge in [0.1, 0.15) is 18.3 Å². The van der Waals surface area contributed by atoms with E-state index in [9.17, 15) is 25.9 Å². The number of rotatable bonds is 6. The van der Waals surface area contributed by atoms with Gasteiger partial charge in [-0.3, -0.25) is 0 Å². The molecule has 0 amide bonds. The van der Waals surface area contributed by atoms with E-state index in [-0.39, 0.29) is 92.2 Å². The Kier molecular flexibility index (Phi) is 16.2. The first-order valence-corrected chi connectivity index (χ1v) is 8.88. The zero-order valence-electron chi connectivity index (χ0n) is 8.65. The fourth-order valence-corrected chi connectivity index (χ4v) is 2.62. The summed E-state index contributed by atoms with van der Waals surface area (Å²) in [5.41, 5.74) is 0. The third-order valence-corrected chi connectivity index (χ3v) is 4.57. The predicted molar refractivity (Wildman–Crippen MR) is 53.5 cm³/mol. The van der Waals surface area contributed by atoms with Crippen LogP contribution in [-0.4, -0.2) is 37.4 Å². The van der Waals surface area contributed by atoms with Gasteiger partial charge in [-0.1, -0.05) is 12.2 Å². The molecule has 0 fully saturated rings. The van der Waals surface area contributed by atoms with E-state index in [1.54, 1.807) is 0 Å². The SMILES string of the molecule is O=S(=O)([O-])SC/C=C/CSS(=O)(=O)[O-].[Na+].[Na+]. The molecule has 0 rings (SSSR count). The normalized spacial score (nSPS) is 11.9. The minimum atomic E-state index is -4.31. The first kappa shape index (κ1) is 23.4. The van der Waals surface area contributed by atoms with Gasteiger partial charge in [-0.25, -0.2) is 16.8 Å². The van der Waals surface area contributed by atoms with Gasteiger partial charge in [-0.05, 0) is 21.6 Å². The largest absolute Gasteiger partial charge is 1.00 e. The van der Waals surface area contributed by atoms with Gasteiger partial charge >= 0.3 is 59.1 Å².